The van der Waals surface area contributed by atoms with Crippen molar-refractivity contribution in [2.75, 3.05) is 30.0 Å². The summed E-state index contributed by atoms with van der Waals surface area (Å²) in [5.74, 6) is 2.02. The first-order valence-electron chi connectivity index (χ1n) is 4.82. The number of thiol groups is 1. The number of nitrogens with zero attached hydrogens (tertiary/aromatic N) is 1. The SMILES string of the molecule is CCSc1ccc(N(C)CCS)cc1. The first-order valence-corrected chi connectivity index (χ1v) is 6.44. The lowest BCUT2D eigenvalue weighted by atomic mass is 10.3. The lowest BCUT2D eigenvalue weighted by Gasteiger charge is -2.18. The van der Waals surface area contributed by atoms with Crippen LogP contribution in [0.3, 0.4) is 0 Å². The molecule has 0 saturated heterocycles. The van der Waals surface area contributed by atoms with E-state index in [4.69, 9.17) is 0 Å². The molecule has 0 saturated carbocycles. The molecule has 1 aromatic carbocycles. The van der Waals surface area contributed by atoms with Gasteiger partial charge in [-0.3, -0.25) is 0 Å². The highest BCUT2D eigenvalue weighted by atomic mass is 32.2. The number of rotatable bonds is 5. The standard InChI is InChI=1S/C11H17NS2/c1-3-14-11-6-4-10(5-7-11)12(2)8-9-13/h4-7,13H,3,8-9H2,1-2H3. The summed E-state index contributed by atoms with van der Waals surface area (Å²) in [6.07, 6.45) is 0. The fourth-order valence-corrected chi connectivity index (χ4v) is 2.20. The molecule has 1 nitrogen and oxygen atoms in total. The zero-order chi connectivity index (χ0) is 10.4. The molecular weight excluding hydrogens is 210 g/mol. The third-order valence-corrected chi connectivity index (χ3v) is 3.12. The highest BCUT2D eigenvalue weighted by molar-refractivity contribution is 7.99. The molecule has 0 amide bonds. The van der Waals surface area contributed by atoms with E-state index in [1.54, 1.807) is 0 Å². The van der Waals surface area contributed by atoms with Crippen LogP contribution in [0.5, 0.6) is 0 Å². The van der Waals surface area contributed by atoms with Gasteiger partial charge in [0.05, 0.1) is 0 Å². The van der Waals surface area contributed by atoms with Crippen molar-refractivity contribution in [1.29, 1.82) is 0 Å². The van der Waals surface area contributed by atoms with E-state index in [0.717, 1.165) is 18.1 Å². The zero-order valence-electron chi connectivity index (χ0n) is 8.73. The van der Waals surface area contributed by atoms with Gasteiger partial charge >= 0.3 is 0 Å². The highest BCUT2D eigenvalue weighted by Crippen LogP contribution is 2.21. The third-order valence-electron chi connectivity index (χ3n) is 2.02. The second-order valence-electron chi connectivity index (χ2n) is 3.07. The van der Waals surface area contributed by atoms with E-state index in [0.29, 0.717) is 0 Å². The van der Waals surface area contributed by atoms with Crippen LogP contribution in [0.1, 0.15) is 6.92 Å². The Balaban J connectivity index is 2.62. The monoisotopic (exact) mass is 227 g/mol. The Labute approximate surface area is 96.3 Å². The molecule has 0 aliphatic heterocycles. The van der Waals surface area contributed by atoms with Gasteiger partial charge in [-0.2, -0.15) is 12.6 Å². The van der Waals surface area contributed by atoms with Crippen LogP contribution in [0.2, 0.25) is 0 Å². The topological polar surface area (TPSA) is 3.24 Å². The van der Waals surface area contributed by atoms with Crippen molar-refractivity contribution in [3.8, 4) is 0 Å². The van der Waals surface area contributed by atoms with E-state index in [1.807, 2.05) is 11.8 Å². The summed E-state index contributed by atoms with van der Waals surface area (Å²) < 4.78 is 0. The molecule has 0 fully saturated rings. The van der Waals surface area contributed by atoms with Gasteiger partial charge in [0.15, 0.2) is 0 Å². The summed E-state index contributed by atoms with van der Waals surface area (Å²) in [7, 11) is 2.10. The van der Waals surface area contributed by atoms with Crippen molar-refractivity contribution >= 4 is 30.1 Å². The molecule has 0 aromatic heterocycles. The average molecular weight is 227 g/mol. The Morgan fingerprint density at radius 3 is 2.43 bits per heavy atom. The quantitative estimate of drug-likeness (QED) is 0.608. The second kappa shape index (κ2) is 6.25. The van der Waals surface area contributed by atoms with Gasteiger partial charge in [-0.1, -0.05) is 6.92 Å². The van der Waals surface area contributed by atoms with Gasteiger partial charge < -0.3 is 4.90 Å². The van der Waals surface area contributed by atoms with Crippen LogP contribution < -0.4 is 4.90 Å². The molecule has 14 heavy (non-hydrogen) atoms. The zero-order valence-corrected chi connectivity index (χ0v) is 10.4. The predicted octanol–water partition coefficient (Wildman–Crippen LogP) is 3.16. The van der Waals surface area contributed by atoms with E-state index < -0.39 is 0 Å². The van der Waals surface area contributed by atoms with Gasteiger partial charge in [-0.15, -0.1) is 11.8 Å². The Hall–Kier alpha value is -0.280. The van der Waals surface area contributed by atoms with E-state index in [-0.39, 0.29) is 0 Å². The molecule has 3 heteroatoms. The first-order chi connectivity index (χ1) is 6.77. The summed E-state index contributed by atoms with van der Waals surface area (Å²) in [6, 6.07) is 8.69. The molecule has 0 heterocycles. The van der Waals surface area contributed by atoms with Gasteiger partial charge in [0, 0.05) is 29.9 Å². The number of hydrogen-bond acceptors (Lipinski definition) is 3. The van der Waals surface area contributed by atoms with Gasteiger partial charge in [-0.05, 0) is 30.0 Å². The molecule has 0 N–H and O–H groups in total. The maximum absolute atomic E-state index is 4.22. The molecule has 0 unspecified atom stereocenters. The number of hydrogen-bond donors (Lipinski definition) is 1. The molecule has 0 aliphatic rings. The average Bonchev–Trinajstić information content (AvgIpc) is 2.20. The largest absolute Gasteiger partial charge is 0.374 e. The van der Waals surface area contributed by atoms with Crippen LogP contribution in [-0.4, -0.2) is 25.1 Å². The molecule has 0 aliphatic carbocycles. The minimum absolute atomic E-state index is 0.891. The fraction of sp³-hybridized carbons (Fsp3) is 0.455. The number of thioether (sulfide) groups is 1. The van der Waals surface area contributed by atoms with Gasteiger partial charge in [0.2, 0.25) is 0 Å². The number of anilines is 1. The van der Waals surface area contributed by atoms with Crippen LogP contribution in [0.15, 0.2) is 29.2 Å². The second-order valence-corrected chi connectivity index (χ2v) is 4.86. The van der Waals surface area contributed by atoms with Crippen LogP contribution in [0.25, 0.3) is 0 Å². The maximum atomic E-state index is 4.22. The van der Waals surface area contributed by atoms with E-state index in [1.165, 1.54) is 10.6 Å². The van der Waals surface area contributed by atoms with Gasteiger partial charge in [0.1, 0.15) is 0 Å². The summed E-state index contributed by atoms with van der Waals surface area (Å²) in [5, 5.41) is 0. The summed E-state index contributed by atoms with van der Waals surface area (Å²) >= 11 is 6.09. The van der Waals surface area contributed by atoms with Crippen molar-refractivity contribution in [1.82, 2.24) is 0 Å². The maximum Gasteiger partial charge on any atom is 0.0364 e. The van der Waals surface area contributed by atoms with Crippen LogP contribution >= 0.6 is 24.4 Å². The molecular formula is C11H17NS2. The molecule has 0 radical (unpaired) electrons. The lowest BCUT2D eigenvalue weighted by Crippen LogP contribution is -2.19. The van der Waals surface area contributed by atoms with E-state index >= 15 is 0 Å². The first kappa shape index (κ1) is 11.8. The lowest BCUT2D eigenvalue weighted by molar-refractivity contribution is 0.978. The Morgan fingerprint density at radius 2 is 1.93 bits per heavy atom. The molecule has 1 aromatic rings. The minimum Gasteiger partial charge on any atom is -0.374 e. The fourth-order valence-electron chi connectivity index (χ4n) is 1.24. The van der Waals surface area contributed by atoms with Crippen LogP contribution in [0.4, 0.5) is 5.69 Å². The summed E-state index contributed by atoms with van der Waals surface area (Å²) in [4.78, 5) is 3.56. The van der Waals surface area contributed by atoms with E-state index in [9.17, 15) is 0 Å². The third kappa shape index (κ3) is 3.46. The summed E-state index contributed by atoms with van der Waals surface area (Å²) in [6.45, 7) is 3.16. The molecule has 0 bridgehead atoms. The van der Waals surface area contributed by atoms with E-state index in [2.05, 4.69) is 55.8 Å². The van der Waals surface area contributed by atoms with Crippen LogP contribution in [-0.2, 0) is 0 Å². The molecule has 0 atom stereocenters. The minimum atomic E-state index is 0.891. The Morgan fingerprint density at radius 1 is 1.29 bits per heavy atom. The van der Waals surface area contributed by atoms with Crippen molar-refractivity contribution in [2.45, 2.75) is 11.8 Å². The normalized spacial score (nSPS) is 10.2. The predicted molar refractivity (Wildman–Crippen MR) is 70.0 cm³/mol. The molecule has 0 spiro atoms. The van der Waals surface area contributed by atoms with Crippen molar-refractivity contribution in [3.63, 3.8) is 0 Å². The van der Waals surface area contributed by atoms with Crippen molar-refractivity contribution < 1.29 is 0 Å². The smallest absolute Gasteiger partial charge is 0.0364 e. The van der Waals surface area contributed by atoms with Gasteiger partial charge in [0.25, 0.3) is 0 Å². The van der Waals surface area contributed by atoms with Gasteiger partial charge in [-0.25, -0.2) is 0 Å². The van der Waals surface area contributed by atoms with Crippen molar-refractivity contribution in [2.24, 2.45) is 0 Å². The summed E-state index contributed by atoms with van der Waals surface area (Å²) in [5.41, 5.74) is 1.26. The highest BCUT2D eigenvalue weighted by Gasteiger charge is 1.99. The van der Waals surface area contributed by atoms with Crippen LogP contribution in [0, 0.1) is 0 Å². The molecule has 1 rings (SSSR count). The Bertz CT molecular complexity index is 258. The van der Waals surface area contributed by atoms with Crippen molar-refractivity contribution in [3.05, 3.63) is 24.3 Å². The molecule has 78 valence electrons. The Kier molecular flexibility index (Phi) is 5.26. The number of benzene rings is 1.